The van der Waals surface area contributed by atoms with Crippen molar-refractivity contribution in [3.63, 3.8) is 0 Å². The van der Waals surface area contributed by atoms with Gasteiger partial charge in [-0.05, 0) is 24.3 Å². The van der Waals surface area contributed by atoms with Crippen LogP contribution in [0, 0.1) is 0 Å². The first-order chi connectivity index (χ1) is 17.2. The number of benzene rings is 3. The lowest BCUT2D eigenvalue weighted by Gasteiger charge is -2.08. The number of anilines is 1. The predicted molar refractivity (Wildman–Crippen MR) is 135 cm³/mol. The maximum absolute atomic E-state index is 13.1. The highest BCUT2D eigenvalue weighted by molar-refractivity contribution is 7.17. The molecular weight excluding hydrogens is 460 g/mol. The van der Waals surface area contributed by atoms with Gasteiger partial charge in [0, 0.05) is 16.8 Å². The Labute approximate surface area is 205 Å². The van der Waals surface area contributed by atoms with Crippen LogP contribution in [0.25, 0.3) is 27.5 Å². The molecule has 5 aromatic rings. The number of carbonyl (C=O) groups excluding carboxylic acids is 2. The second-order valence-corrected chi connectivity index (χ2v) is 8.55. The van der Waals surface area contributed by atoms with Crippen LogP contribution in [-0.4, -0.2) is 38.1 Å². The van der Waals surface area contributed by atoms with E-state index in [-0.39, 0.29) is 18.4 Å². The molecule has 3 aromatic carbocycles. The van der Waals surface area contributed by atoms with E-state index in [2.05, 4.69) is 20.7 Å². The van der Waals surface area contributed by atoms with E-state index in [0.29, 0.717) is 16.3 Å². The molecule has 0 aliphatic carbocycles. The molecule has 2 amide bonds. The second-order valence-electron chi connectivity index (χ2n) is 7.55. The normalized spacial score (nSPS) is 10.6. The molecule has 8 nitrogen and oxygen atoms in total. The van der Waals surface area contributed by atoms with E-state index < -0.39 is 0 Å². The smallest absolute Gasteiger partial charge is 0.264 e. The van der Waals surface area contributed by atoms with E-state index in [4.69, 9.17) is 4.98 Å². The summed E-state index contributed by atoms with van der Waals surface area (Å²) in [5.41, 5.74) is 3.80. The van der Waals surface area contributed by atoms with Crippen LogP contribution < -0.4 is 10.6 Å². The Hall–Kier alpha value is -4.63. The van der Waals surface area contributed by atoms with Crippen molar-refractivity contribution in [3.05, 3.63) is 102 Å². The van der Waals surface area contributed by atoms with E-state index in [1.165, 1.54) is 17.7 Å². The standard InChI is InChI=1S/C26H20N6O2S/c33-22(30-20-11-13-21(14-12-20)32-17-27-16-29-32)15-28-25(34)24-23(18-7-3-1-4-8-18)31-26(35-24)19-9-5-2-6-10-19/h1-14,16-17H,15H2,(H,28,34)(H,30,33). The molecule has 0 aliphatic heterocycles. The number of nitrogens with one attached hydrogen (secondary N) is 2. The summed E-state index contributed by atoms with van der Waals surface area (Å²) in [6.45, 7) is -0.170. The third-order valence-corrected chi connectivity index (χ3v) is 6.25. The van der Waals surface area contributed by atoms with Gasteiger partial charge < -0.3 is 10.6 Å². The number of aromatic nitrogens is 4. The van der Waals surface area contributed by atoms with Crippen molar-refractivity contribution in [2.24, 2.45) is 0 Å². The SMILES string of the molecule is O=C(CNC(=O)c1sc(-c2ccccc2)nc1-c1ccccc1)Nc1ccc(-n2cncn2)cc1. The van der Waals surface area contributed by atoms with Crippen LogP contribution in [0.2, 0.25) is 0 Å². The number of nitrogens with zero attached hydrogens (tertiary/aromatic N) is 4. The van der Waals surface area contributed by atoms with Crippen LogP contribution in [0.3, 0.4) is 0 Å². The lowest BCUT2D eigenvalue weighted by Crippen LogP contribution is -2.32. The maximum Gasteiger partial charge on any atom is 0.264 e. The molecule has 172 valence electrons. The number of thiazole rings is 1. The van der Waals surface area contributed by atoms with Gasteiger partial charge in [0.2, 0.25) is 5.91 Å². The van der Waals surface area contributed by atoms with E-state index in [0.717, 1.165) is 21.8 Å². The van der Waals surface area contributed by atoms with Gasteiger partial charge in [-0.2, -0.15) is 5.10 Å². The van der Waals surface area contributed by atoms with E-state index in [9.17, 15) is 9.59 Å². The van der Waals surface area contributed by atoms with Gasteiger partial charge in [0.05, 0.1) is 17.9 Å². The highest BCUT2D eigenvalue weighted by atomic mass is 32.1. The molecule has 35 heavy (non-hydrogen) atoms. The average Bonchev–Trinajstić information content (AvgIpc) is 3.60. The van der Waals surface area contributed by atoms with E-state index >= 15 is 0 Å². The first kappa shape index (κ1) is 22.2. The van der Waals surface area contributed by atoms with Crippen molar-refractivity contribution in [2.75, 3.05) is 11.9 Å². The van der Waals surface area contributed by atoms with E-state index in [1.54, 1.807) is 23.1 Å². The summed E-state index contributed by atoms with van der Waals surface area (Å²) in [5.74, 6) is -0.680. The highest BCUT2D eigenvalue weighted by Gasteiger charge is 2.20. The fourth-order valence-corrected chi connectivity index (χ4v) is 4.46. The Kier molecular flexibility index (Phi) is 6.40. The van der Waals surface area contributed by atoms with Crippen molar-refractivity contribution in [2.45, 2.75) is 0 Å². The highest BCUT2D eigenvalue weighted by Crippen LogP contribution is 2.33. The monoisotopic (exact) mass is 480 g/mol. The number of hydrogen-bond donors (Lipinski definition) is 2. The lowest BCUT2D eigenvalue weighted by atomic mass is 10.1. The molecule has 2 heterocycles. The molecule has 0 atom stereocenters. The van der Waals surface area contributed by atoms with Gasteiger partial charge in [-0.3, -0.25) is 9.59 Å². The van der Waals surface area contributed by atoms with Crippen LogP contribution in [0.15, 0.2) is 97.6 Å². The summed E-state index contributed by atoms with van der Waals surface area (Å²) in [4.78, 5) is 34.7. The summed E-state index contributed by atoms with van der Waals surface area (Å²) in [7, 11) is 0. The Morgan fingerprint density at radius 2 is 1.54 bits per heavy atom. The third-order valence-electron chi connectivity index (χ3n) is 5.15. The van der Waals surface area contributed by atoms with Gasteiger partial charge in [-0.25, -0.2) is 14.6 Å². The topological polar surface area (TPSA) is 102 Å². The van der Waals surface area contributed by atoms with Crippen LogP contribution in [0.4, 0.5) is 5.69 Å². The quantitative estimate of drug-likeness (QED) is 0.359. The molecule has 0 fully saturated rings. The zero-order valence-corrected chi connectivity index (χ0v) is 19.3. The molecule has 2 aromatic heterocycles. The van der Waals surface area contributed by atoms with Crippen molar-refractivity contribution in [1.82, 2.24) is 25.1 Å². The summed E-state index contributed by atoms with van der Waals surface area (Å²) in [6.07, 6.45) is 3.04. The molecule has 0 aliphatic rings. The number of hydrogen-bond acceptors (Lipinski definition) is 6. The first-order valence-electron chi connectivity index (χ1n) is 10.8. The summed E-state index contributed by atoms with van der Waals surface area (Å²) in [6, 6.07) is 26.4. The fourth-order valence-electron chi connectivity index (χ4n) is 3.45. The van der Waals surface area contributed by atoms with E-state index in [1.807, 2.05) is 72.8 Å². The minimum Gasteiger partial charge on any atom is -0.342 e. The number of rotatable bonds is 7. The van der Waals surface area contributed by atoms with Gasteiger partial charge >= 0.3 is 0 Å². The Balaban J connectivity index is 1.28. The molecule has 0 saturated carbocycles. The van der Waals surface area contributed by atoms with Crippen LogP contribution in [0.1, 0.15) is 9.67 Å². The van der Waals surface area contributed by atoms with Crippen LogP contribution >= 0.6 is 11.3 Å². The molecule has 5 rings (SSSR count). The van der Waals surface area contributed by atoms with Gasteiger partial charge in [0.1, 0.15) is 22.5 Å². The van der Waals surface area contributed by atoms with Crippen molar-refractivity contribution < 1.29 is 9.59 Å². The first-order valence-corrected chi connectivity index (χ1v) is 11.6. The molecule has 0 unspecified atom stereocenters. The van der Waals surface area contributed by atoms with Crippen LogP contribution in [-0.2, 0) is 4.79 Å². The minimum absolute atomic E-state index is 0.170. The summed E-state index contributed by atoms with van der Waals surface area (Å²) >= 11 is 1.30. The second kappa shape index (κ2) is 10.1. The van der Waals surface area contributed by atoms with Crippen LogP contribution in [0.5, 0.6) is 0 Å². The largest absolute Gasteiger partial charge is 0.342 e. The van der Waals surface area contributed by atoms with Gasteiger partial charge in [0.25, 0.3) is 5.91 Å². The molecule has 0 bridgehead atoms. The van der Waals surface area contributed by atoms with Crippen molar-refractivity contribution >= 4 is 28.8 Å². The maximum atomic E-state index is 13.1. The predicted octanol–water partition coefficient (Wildman–Crippen LogP) is 4.43. The van der Waals surface area contributed by atoms with Crippen molar-refractivity contribution in [3.8, 4) is 27.5 Å². The van der Waals surface area contributed by atoms with Crippen molar-refractivity contribution in [1.29, 1.82) is 0 Å². The molecule has 0 spiro atoms. The molecule has 0 radical (unpaired) electrons. The summed E-state index contributed by atoms with van der Waals surface area (Å²) in [5, 5.41) is 10.3. The zero-order valence-electron chi connectivity index (χ0n) is 18.5. The zero-order chi connectivity index (χ0) is 24.0. The Morgan fingerprint density at radius 3 is 2.20 bits per heavy atom. The van der Waals surface area contributed by atoms with Gasteiger partial charge in [0.15, 0.2) is 0 Å². The molecule has 0 saturated heterocycles. The number of carbonyl (C=O) groups is 2. The third kappa shape index (κ3) is 5.15. The molecule has 2 N–H and O–H groups in total. The fraction of sp³-hybridized carbons (Fsp3) is 0.0385. The minimum atomic E-state index is -0.347. The summed E-state index contributed by atoms with van der Waals surface area (Å²) < 4.78 is 1.62. The molecule has 9 heteroatoms. The van der Waals surface area contributed by atoms with Gasteiger partial charge in [-0.1, -0.05) is 60.7 Å². The van der Waals surface area contributed by atoms with Gasteiger partial charge in [-0.15, -0.1) is 11.3 Å². The lowest BCUT2D eigenvalue weighted by molar-refractivity contribution is -0.115. The average molecular weight is 481 g/mol. The Morgan fingerprint density at radius 1 is 0.857 bits per heavy atom. The number of amides is 2. The Bertz CT molecular complexity index is 1430. The molecular formula is C26H20N6O2S.